The summed E-state index contributed by atoms with van der Waals surface area (Å²) >= 11 is 0. The molecule has 0 bridgehead atoms. The highest BCUT2D eigenvalue weighted by atomic mass is 16.6. The Bertz CT molecular complexity index is 83.6. The molecule has 0 aliphatic rings. The zero-order valence-corrected chi connectivity index (χ0v) is 7.84. The summed E-state index contributed by atoms with van der Waals surface area (Å²) in [4.78, 5) is 0. The molecule has 0 aromatic heterocycles. The molecule has 0 aromatic carbocycles. The Morgan fingerprint density at radius 2 is 1.82 bits per heavy atom. The minimum Gasteiger partial charge on any atom is -0.368 e. The van der Waals surface area contributed by atoms with Crippen molar-refractivity contribution in [1.82, 2.24) is 0 Å². The highest BCUT2D eigenvalue weighted by molar-refractivity contribution is 4.54. The van der Waals surface area contributed by atoms with Gasteiger partial charge in [0.25, 0.3) is 0 Å². The van der Waals surface area contributed by atoms with Crippen LogP contribution in [0.3, 0.4) is 0 Å². The molecule has 2 atom stereocenters. The van der Waals surface area contributed by atoms with Crippen molar-refractivity contribution >= 4 is 0 Å². The molecule has 0 fully saturated rings. The lowest BCUT2D eigenvalue weighted by Crippen LogP contribution is -2.20. The van der Waals surface area contributed by atoms with E-state index in [2.05, 4.69) is 13.8 Å². The van der Waals surface area contributed by atoms with Gasteiger partial charge in [-0.05, 0) is 19.3 Å². The minimum atomic E-state index is -0.563. The first kappa shape index (κ1) is 10.9. The van der Waals surface area contributed by atoms with Crippen molar-refractivity contribution in [3.8, 4) is 0 Å². The quantitative estimate of drug-likeness (QED) is 0.604. The second kappa shape index (κ2) is 6.62. The van der Waals surface area contributed by atoms with E-state index in [0.29, 0.717) is 6.42 Å². The van der Waals surface area contributed by atoms with Gasteiger partial charge in [0.15, 0.2) is 6.29 Å². The van der Waals surface area contributed by atoms with Crippen LogP contribution in [0.5, 0.6) is 0 Å². The molecule has 0 radical (unpaired) electrons. The molecule has 2 nitrogen and oxygen atoms in total. The summed E-state index contributed by atoms with van der Waals surface area (Å²) in [6, 6.07) is 0. The van der Waals surface area contributed by atoms with Crippen LogP contribution in [0.1, 0.15) is 46.5 Å². The van der Waals surface area contributed by atoms with Crippen LogP contribution in [-0.4, -0.2) is 17.5 Å². The van der Waals surface area contributed by atoms with Crippen LogP contribution in [-0.2, 0) is 4.74 Å². The average molecular weight is 160 g/mol. The SMILES string of the molecule is CCCC(CC)OC(O)CC. The minimum absolute atomic E-state index is 0.245. The van der Waals surface area contributed by atoms with Gasteiger partial charge in [0, 0.05) is 0 Å². The van der Waals surface area contributed by atoms with Crippen LogP contribution >= 0.6 is 0 Å². The van der Waals surface area contributed by atoms with Crippen molar-refractivity contribution in [3.05, 3.63) is 0 Å². The fourth-order valence-corrected chi connectivity index (χ4v) is 1.01. The molecular formula is C9H20O2. The van der Waals surface area contributed by atoms with Gasteiger partial charge in [0.1, 0.15) is 0 Å². The van der Waals surface area contributed by atoms with E-state index in [-0.39, 0.29) is 6.10 Å². The second-order valence-corrected chi connectivity index (χ2v) is 2.82. The lowest BCUT2D eigenvalue weighted by molar-refractivity contribution is -0.139. The molecule has 2 heteroatoms. The van der Waals surface area contributed by atoms with Gasteiger partial charge in [-0.15, -0.1) is 0 Å². The largest absolute Gasteiger partial charge is 0.368 e. The van der Waals surface area contributed by atoms with Gasteiger partial charge in [0.2, 0.25) is 0 Å². The first-order valence-corrected chi connectivity index (χ1v) is 4.58. The maximum atomic E-state index is 9.16. The highest BCUT2D eigenvalue weighted by Gasteiger charge is 2.09. The molecule has 11 heavy (non-hydrogen) atoms. The molecule has 0 heterocycles. The summed E-state index contributed by atoms with van der Waals surface area (Å²) in [7, 11) is 0. The number of rotatable bonds is 6. The third-order valence-corrected chi connectivity index (χ3v) is 1.76. The van der Waals surface area contributed by atoms with Gasteiger partial charge in [-0.2, -0.15) is 0 Å². The van der Waals surface area contributed by atoms with Gasteiger partial charge in [-0.25, -0.2) is 0 Å². The fourth-order valence-electron chi connectivity index (χ4n) is 1.01. The van der Waals surface area contributed by atoms with Crippen LogP contribution < -0.4 is 0 Å². The normalized spacial score (nSPS) is 16.4. The average Bonchev–Trinajstić information content (AvgIpc) is 2.03. The van der Waals surface area contributed by atoms with E-state index < -0.39 is 6.29 Å². The smallest absolute Gasteiger partial charge is 0.154 e. The Labute approximate surface area is 69.6 Å². The Balaban J connectivity index is 3.49. The fraction of sp³-hybridized carbons (Fsp3) is 1.00. The standard InChI is InChI=1S/C9H20O2/c1-4-7-8(5-2)11-9(10)6-3/h8-10H,4-7H2,1-3H3. The molecule has 1 N–H and O–H groups in total. The molecule has 0 saturated carbocycles. The zero-order valence-electron chi connectivity index (χ0n) is 7.84. The summed E-state index contributed by atoms with van der Waals surface area (Å²) in [6.45, 7) is 6.14. The first-order valence-electron chi connectivity index (χ1n) is 4.58. The zero-order chi connectivity index (χ0) is 8.69. The van der Waals surface area contributed by atoms with E-state index in [1.807, 2.05) is 6.92 Å². The van der Waals surface area contributed by atoms with Crippen molar-refractivity contribution in [2.45, 2.75) is 58.8 Å². The lowest BCUT2D eigenvalue weighted by Gasteiger charge is -2.18. The van der Waals surface area contributed by atoms with Crippen molar-refractivity contribution in [3.63, 3.8) is 0 Å². The topological polar surface area (TPSA) is 29.5 Å². The number of aliphatic hydroxyl groups excluding tert-OH is 1. The van der Waals surface area contributed by atoms with Gasteiger partial charge < -0.3 is 9.84 Å². The predicted molar refractivity (Wildman–Crippen MR) is 46.4 cm³/mol. The van der Waals surface area contributed by atoms with Gasteiger partial charge in [-0.3, -0.25) is 0 Å². The van der Waals surface area contributed by atoms with Crippen LogP contribution in [0.25, 0.3) is 0 Å². The molecule has 0 aromatic rings. The Kier molecular flexibility index (Phi) is 6.57. The number of hydrogen-bond donors (Lipinski definition) is 1. The van der Waals surface area contributed by atoms with Gasteiger partial charge in [-0.1, -0.05) is 27.2 Å². The molecule has 0 rings (SSSR count). The van der Waals surface area contributed by atoms with Crippen LogP contribution in [0.15, 0.2) is 0 Å². The molecule has 0 spiro atoms. The molecule has 0 aliphatic carbocycles. The van der Waals surface area contributed by atoms with Crippen molar-refractivity contribution < 1.29 is 9.84 Å². The van der Waals surface area contributed by atoms with Gasteiger partial charge >= 0.3 is 0 Å². The van der Waals surface area contributed by atoms with Crippen LogP contribution in [0.2, 0.25) is 0 Å². The number of hydrogen-bond acceptors (Lipinski definition) is 2. The van der Waals surface area contributed by atoms with E-state index in [4.69, 9.17) is 9.84 Å². The Hall–Kier alpha value is -0.0800. The van der Waals surface area contributed by atoms with Crippen molar-refractivity contribution in [2.24, 2.45) is 0 Å². The highest BCUT2D eigenvalue weighted by Crippen LogP contribution is 2.09. The molecular weight excluding hydrogens is 140 g/mol. The summed E-state index contributed by atoms with van der Waals surface area (Å²) in [5, 5.41) is 9.16. The summed E-state index contributed by atoms with van der Waals surface area (Å²) in [5.41, 5.74) is 0. The molecule has 0 aliphatic heterocycles. The van der Waals surface area contributed by atoms with Crippen molar-refractivity contribution in [2.75, 3.05) is 0 Å². The third-order valence-electron chi connectivity index (χ3n) is 1.76. The summed E-state index contributed by atoms with van der Waals surface area (Å²) < 4.78 is 5.34. The van der Waals surface area contributed by atoms with E-state index in [1.54, 1.807) is 0 Å². The maximum Gasteiger partial charge on any atom is 0.154 e. The molecule has 0 saturated heterocycles. The third kappa shape index (κ3) is 5.22. The maximum absolute atomic E-state index is 9.16. The summed E-state index contributed by atoms with van der Waals surface area (Å²) in [5.74, 6) is 0. The van der Waals surface area contributed by atoms with E-state index >= 15 is 0 Å². The van der Waals surface area contributed by atoms with E-state index in [0.717, 1.165) is 19.3 Å². The monoisotopic (exact) mass is 160 g/mol. The predicted octanol–water partition coefficient (Wildman–Crippen LogP) is 2.31. The Morgan fingerprint density at radius 1 is 1.18 bits per heavy atom. The van der Waals surface area contributed by atoms with Crippen LogP contribution in [0.4, 0.5) is 0 Å². The van der Waals surface area contributed by atoms with Crippen LogP contribution in [0, 0.1) is 0 Å². The molecule has 0 amide bonds. The van der Waals surface area contributed by atoms with Gasteiger partial charge in [0.05, 0.1) is 6.10 Å². The van der Waals surface area contributed by atoms with E-state index in [9.17, 15) is 0 Å². The summed E-state index contributed by atoms with van der Waals surface area (Å²) in [6.07, 6.45) is 3.52. The number of ether oxygens (including phenoxy) is 1. The lowest BCUT2D eigenvalue weighted by atomic mass is 10.1. The van der Waals surface area contributed by atoms with Crippen molar-refractivity contribution in [1.29, 1.82) is 0 Å². The molecule has 68 valence electrons. The molecule has 2 unspecified atom stereocenters. The Morgan fingerprint density at radius 3 is 2.18 bits per heavy atom. The second-order valence-electron chi connectivity index (χ2n) is 2.82. The first-order chi connectivity index (χ1) is 5.24. The number of aliphatic hydroxyl groups is 1. The van der Waals surface area contributed by atoms with E-state index in [1.165, 1.54) is 0 Å².